The average Bonchev–Trinajstić information content (AvgIpc) is 3.59. The van der Waals surface area contributed by atoms with E-state index in [9.17, 15) is 0 Å². The number of nitrogens with zero attached hydrogens (tertiary/aromatic N) is 3. The fraction of sp³-hybridized carbons (Fsp3) is 0.118. The van der Waals surface area contributed by atoms with Crippen LogP contribution >= 0.6 is 43.5 Å². The van der Waals surface area contributed by atoms with E-state index in [1.165, 1.54) is 0 Å². The van der Waals surface area contributed by atoms with Crippen LogP contribution in [0, 0.1) is 13.1 Å². The van der Waals surface area contributed by atoms with Gasteiger partial charge in [-0.15, -0.1) is 11.6 Å². The second-order valence-electron chi connectivity index (χ2n) is 9.15. The van der Waals surface area contributed by atoms with Crippen LogP contribution in [0.2, 0.25) is 0 Å². The van der Waals surface area contributed by atoms with Crippen molar-refractivity contribution in [2.75, 3.05) is 14.2 Å². The molecule has 1 N–H and O–H groups in total. The summed E-state index contributed by atoms with van der Waals surface area (Å²) in [5, 5.41) is 2.11. The number of alkyl halides is 1. The Bertz CT molecular complexity index is 1910. The Hall–Kier alpha value is -4.21. The summed E-state index contributed by atoms with van der Waals surface area (Å²) in [7, 11) is 3.33. The van der Waals surface area contributed by atoms with E-state index in [-0.39, 0.29) is 0 Å². The summed E-state index contributed by atoms with van der Waals surface area (Å²) in [6.07, 6.45) is 3.92. The molecule has 2 heterocycles. The average molecular weight is 719 g/mol. The van der Waals surface area contributed by atoms with Gasteiger partial charge in [0.1, 0.15) is 11.5 Å². The van der Waals surface area contributed by atoms with Crippen LogP contribution < -0.4 is 9.47 Å². The minimum atomic E-state index is 0.504. The second-order valence-corrected chi connectivity index (χ2v) is 11.1. The standard InChI is InChI=1S/C17H13BrN2O.C9H5BrN2.C8H9ClO/c1-19-13-7-8-16-14(9-13)15(18)11-20(16)10-12-5-3-4-6-17(12)21-2;1-11-6-2-3-9-7(4-6)8(10)5-12-9;1-10-8-5-3-2-4-7(8)6-9/h3-9,11H,10H2,2H3;2-5,12H;2-5H,6H2,1H3. The number of aromatic amines is 1. The van der Waals surface area contributed by atoms with Gasteiger partial charge in [0, 0.05) is 54.3 Å². The predicted molar refractivity (Wildman–Crippen MR) is 183 cm³/mol. The zero-order chi connectivity index (χ0) is 30.8. The Morgan fingerprint density at radius 2 is 1.35 bits per heavy atom. The first-order valence-corrected chi connectivity index (χ1v) is 15.1. The lowest BCUT2D eigenvalue weighted by Gasteiger charge is -2.10. The Kier molecular flexibility index (Phi) is 11.3. The van der Waals surface area contributed by atoms with E-state index in [1.807, 2.05) is 85.2 Å². The fourth-order valence-electron chi connectivity index (χ4n) is 4.42. The molecule has 0 aliphatic rings. The minimum absolute atomic E-state index is 0.504. The lowest BCUT2D eigenvalue weighted by atomic mass is 10.2. The van der Waals surface area contributed by atoms with E-state index in [0.29, 0.717) is 17.3 Å². The number of hydrogen-bond donors (Lipinski definition) is 1. The number of nitrogens with one attached hydrogen (secondary N) is 1. The van der Waals surface area contributed by atoms with Crippen LogP contribution in [-0.2, 0) is 12.4 Å². The summed E-state index contributed by atoms with van der Waals surface area (Å²) in [4.78, 5) is 9.93. The van der Waals surface area contributed by atoms with Crippen molar-refractivity contribution in [1.29, 1.82) is 0 Å². The van der Waals surface area contributed by atoms with Gasteiger partial charge >= 0.3 is 0 Å². The van der Waals surface area contributed by atoms with E-state index < -0.39 is 0 Å². The molecule has 0 bridgehead atoms. The van der Waals surface area contributed by atoms with Gasteiger partial charge in [0.2, 0.25) is 0 Å². The van der Waals surface area contributed by atoms with Gasteiger partial charge in [-0.2, -0.15) is 0 Å². The number of aromatic nitrogens is 2. The van der Waals surface area contributed by atoms with Crippen molar-refractivity contribution < 1.29 is 9.47 Å². The molecule has 0 aliphatic heterocycles. The smallest absolute Gasteiger partial charge is 0.188 e. The SMILES string of the molecule is COc1ccccc1CCl.[C-]#[N+]c1ccc2[nH]cc(Br)c2c1.[C-]#[N+]c1ccc2c(c1)c(Br)cn2Cc1ccccc1OC. The molecule has 0 amide bonds. The number of rotatable bonds is 5. The normalized spacial score (nSPS) is 10.1. The molecule has 0 aliphatic carbocycles. The van der Waals surface area contributed by atoms with Gasteiger partial charge in [-0.3, -0.25) is 0 Å². The lowest BCUT2D eigenvalue weighted by molar-refractivity contribution is 0.408. The maximum Gasteiger partial charge on any atom is 0.188 e. The highest BCUT2D eigenvalue weighted by molar-refractivity contribution is 9.11. The number of ether oxygens (including phenoxy) is 2. The largest absolute Gasteiger partial charge is 0.496 e. The van der Waals surface area contributed by atoms with Crippen LogP contribution in [-0.4, -0.2) is 23.8 Å². The number of hydrogen-bond acceptors (Lipinski definition) is 2. The Morgan fingerprint density at radius 1 is 0.767 bits per heavy atom. The van der Waals surface area contributed by atoms with Gasteiger partial charge in [0.15, 0.2) is 11.4 Å². The van der Waals surface area contributed by atoms with Crippen LogP contribution in [0.1, 0.15) is 11.1 Å². The van der Waals surface area contributed by atoms with Crippen molar-refractivity contribution in [3.63, 3.8) is 0 Å². The first kappa shape index (κ1) is 31.7. The molecule has 0 unspecified atom stereocenters. The molecule has 9 heteroatoms. The van der Waals surface area contributed by atoms with E-state index >= 15 is 0 Å². The van der Waals surface area contributed by atoms with Crippen LogP contribution in [0.3, 0.4) is 0 Å². The molecule has 2 aromatic heterocycles. The van der Waals surface area contributed by atoms with Crippen molar-refractivity contribution in [1.82, 2.24) is 9.55 Å². The molecule has 4 aromatic carbocycles. The molecule has 6 nitrogen and oxygen atoms in total. The van der Waals surface area contributed by atoms with Crippen LogP contribution in [0.25, 0.3) is 31.5 Å². The Balaban J connectivity index is 0.000000163. The van der Waals surface area contributed by atoms with Crippen molar-refractivity contribution in [2.24, 2.45) is 0 Å². The number of methoxy groups -OCH3 is 2. The zero-order valence-electron chi connectivity index (χ0n) is 23.4. The molecule has 0 saturated heterocycles. The molecule has 0 fully saturated rings. The quantitative estimate of drug-likeness (QED) is 0.143. The first-order valence-electron chi connectivity index (χ1n) is 13.0. The lowest BCUT2D eigenvalue weighted by Crippen LogP contribution is -2.00. The molecule has 0 spiro atoms. The summed E-state index contributed by atoms with van der Waals surface area (Å²) in [6.45, 7) is 14.7. The summed E-state index contributed by atoms with van der Waals surface area (Å²) < 4.78 is 14.6. The predicted octanol–water partition coefficient (Wildman–Crippen LogP) is 10.9. The zero-order valence-corrected chi connectivity index (χ0v) is 27.4. The maximum absolute atomic E-state index is 7.12. The first-order chi connectivity index (χ1) is 20.9. The molecule has 6 rings (SSSR count). The summed E-state index contributed by atoms with van der Waals surface area (Å²) in [5.74, 6) is 2.25. The van der Waals surface area contributed by atoms with Gasteiger partial charge in [0.25, 0.3) is 0 Å². The third-order valence-electron chi connectivity index (χ3n) is 6.56. The van der Waals surface area contributed by atoms with Crippen LogP contribution in [0.5, 0.6) is 11.5 Å². The molecule has 0 atom stereocenters. The Morgan fingerprint density at radius 3 is 1.95 bits per heavy atom. The van der Waals surface area contributed by atoms with Crippen molar-refractivity contribution in [3.8, 4) is 11.5 Å². The van der Waals surface area contributed by atoms with Gasteiger partial charge < -0.3 is 19.0 Å². The second kappa shape index (κ2) is 15.3. The Labute approximate surface area is 272 Å². The minimum Gasteiger partial charge on any atom is -0.496 e. The summed E-state index contributed by atoms with van der Waals surface area (Å²) >= 11 is 12.6. The maximum atomic E-state index is 7.12. The topological polar surface area (TPSA) is 47.9 Å². The van der Waals surface area contributed by atoms with Crippen LogP contribution in [0.15, 0.2) is 106 Å². The molecule has 6 aromatic rings. The highest BCUT2D eigenvalue weighted by Gasteiger charge is 2.10. The number of halogens is 3. The monoisotopic (exact) mass is 716 g/mol. The number of fused-ring (bicyclic) bond motifs is 2. The molecular weight excluding hydrogens is 692 g/mol. The number of benzene rings is 4. The molecule has 0 saturated carbocycles. The van der Waals surface area contributed by atoms with Gasteiger partial charge in [-0.05, 0) is 68.3 Å². The third kappa shape index (κ3) is 7.80. The van der Waals surface area contributed by atoms with Gasteiger partial charge in [-0.1, -0.05) is 48.5 Å². The van der Waals surface area contributed by atoms with Crippen molar-refractivity contribution >= 4 is 76.6 Å². The van der Waals surface area contributed by atoms with E-state index in [1.54, 1.807) is 20.3 Å². The summed E-state index contributed by atoms with van der Waals surface area (Å²) in [5.41, 5.74) is 5.63. The van der Waals surface area contributed by atoms with E-state index in [0.717, 1.165) is 59.9 Å². The molecule has 216 valence electrons. The summed E-state index contributed by atoms with van der Waals surface area (Å²) in [6, 6.07) is 27.0. The fourth-order valence-corrected chi connectivity index (χ4v) is 5.64. The molecule has 0 radical (unpaired) electrons. The van der Waals surface area contributed by atoms with Gasteiger partial charge in [0.05, 0.1) is 39.8 Å². The molecular formula is C34H27Br2ClN4O2. The number of H-pyrrole nitrogens is 1. The van der Waals surface area contributed by atoms with Crippen molar-refractivity contribution in [3.05, 3.63) is 140 Å². The third-order valence-corrected chi connectivity index (χ3v) is 8.13. The highest BCUT2D eigenvalue weighted by Crippen LogP contribution is 2.31. The van der Waals surface area contributed by atoms with Crippen LogP contribution in [0.4, 0.5) is 11.4 Å². The van der Waals surface area contributed by atoms with E-state index in [2.05, 4.69) is 57.2 Å². The van der Waals surface area contributed by atoms with Crippen molar-refractivity contribution in [2.45, 2.75) is 12.4 Å². The van der Waals surface area contributed by atoms with E-state index in [4.69, 9.17) is 34.2 Å². The molecule has 43 heavy (non-hydrogen) atoms. The van der Waals surface area contributed by atoms with Gasteiger partial charge in [-0.25, -0.2) is 9.69 Å². The highest BCUT2D eigenvalue weighted by atomic mass is 79.9. The number of para-hydroxylation sites is 2.